The predicted molar refractivity (Wildman–Crippen MR) is 115 cm³/mol. The van der Waals surface area contributed by atoms with Crippen LogP contribution in [0.4, 0.5) is 5.69 Å². The quantitative estimate of drug-likeness (QED) is 0.473. The number of amides is 3. The lowest BCUT2D eigenvalue weighted by atomic mass is 10.1. The lowest BCUT2D eigenvalue weighted by Gasteiger charge is -2.14. The normalized spacial score (nSPS) is 13.6. The Morgan fingerprint density at radius 1 is 0.968 bits per heavy atom. The van der Waals surface area contributed by atoms with E-state index in [1.54, 1.807) is 24.3 Å². The number of hydrogen-bond donors (Lipinski definition) is 1. The van der Waals surface area contributed by atoms with Crippen LogP contribution < -0.4 is 10.2 Å². The monoisotopic (exact) mass is 434 g/mol. The highest BCUT2D eigenvalue weighted by atomic mass is 32.1. The summed E-state index contributed by atoms with van der Waals surface area (Å²) in [6.45, 7) is 1.44. The van der Waals surface area contributed by atoms with E-state index in [1.807, 2.05) is 24.4 Å². The molecular weight excluding hydrogens is 416 g/mol. The van der Waals surface area contributed by atoms with E-state index in [-0.39, 0.29) is 11.6 Å². The van der Waals surface area contributed by atoms with Gasteiger partial charge in [0, 0.05) is 4.88 Å². The van der Waals surface area contributed by atoms with Crippen molar-refractivity contribution in [3.63, 3.8) is 0 Å². The lowest BCUT2D eigenvalue weighted by Crippen LogP contribution is -2.31. The van der Waals surface area contributed by atoms with Gasteiger partial charge in [-0.2, -0.15) is 0 Å². The van der Waals surface area contributed by atoms with E-state index in [1.165, 1.54) is 35.6 Å². The largest absolute Gasteiger partial charge is 0.452 e. The van der Waals surface area contributed by atoms with Crippen molar-refractivity contribution in [1.29, 1.82) is 0 Å². The van der Waals surface area contributed by atoms with Gasteiger partial charge in [0.15, 0.2) is 6.61 Å². The first-order valence-electron chi connectivity index (χ1n) is 9.53. The van der Waals surface area contributed by atoms with Gasteiger partial charge < -0.3 is 10.1 Å². The maximum atomic E-state index is 12.5. The number of thiophene rings is 1. The zero-order valence-corrected chi connectivity index (χ0v) is 17.3. The fourth-order valence-electron chi connectivity index (χ4n) is 3.28. The number of nitrogens with one attached hydrogen (secondary N) is 1. The van der Waals surface area contributed by atoms with Crippen molar-refractivity contribution in [2.75, 3.05) is 11.5 Å². The molecular formula is C23H18N2O5S. The van der Waals surface area contributed by atoms with E-state index in [4.69, 9.17) is 4.74 Å². The van der Waals surface area contributed by atoms with Gasteiger partial charge in [-0.3, -0.25) is 14.4 Å². The molecule has 1 atom stereocenters. The number of esters is 1. The van der Waals surface area contributed by atoms with Crippen LogP contribution in [0.2, 0.25) is 0 Å². The van der Waals surface area contributed by atoms with E-state index in [0.29, 0.717) is 16.8 Å². The molecule has 0 bridgehead atoms. The molecule has 31 heavy (non-hydrogen) atoms. The zero-order valence-electron chi connectivity index (χ0n) is 16.5. The Morgan fingerprint density at radius 2 is 1.61 bits per heavy atom. The summed E-state index contributed by atoms with van der Waals surface area (Å²) in [5, 5.41) is 4.69. The van der Waals surface area contributed by atoms with Crippen molar-refractivity contribution in [3.05, 3.63) is 87.6 Å². The summed E-state index contributed by atoms with van der Waals surface area (Å²) in [5.74, 6) is -1.90. The van der Waals surface area contributed by atoms with Crippen LogP contribution in [0.5, 0.6) is 0 Å². The molecule has 1 unspecified atom stereocenters. The molecule has 156 valence electrons. The average molecular weight is 434 g/mol. The number of hydrogen-bond acceptors (Lipinski definition) is 6. The first-order valence-corrected chi connectivity index (χ1v) is 10.4. The minimum absolute atomic E-state index is 0.176. The lowest BCUT2D eigenvalue weighted by molar-refractivity contribution is -0.124. The van der Waals surface area contributed by atoms with Gasteiger partial charge in [-0.1, -0.05) is 18.2 Å². The van der Waals surface area contributed by atoms with E-state index >= 15 is 0 Å². The number of anilines is 1. The molecule has 0 saturated carbocycles. The Hall–Kier alpha value is -3.78. The molecule has 7 nitrogen and oxygen atoms in total. The van der Waals surface area contributed by atoms with Gasteiger partial charge >= 0.3 is 5.97 Å². The van der Waals surface area contributed by atoms with Crippen molar-refractivity contribution >= 4 is 40.7 Å². The Bertz CT molecular complexity index is 1120. The minimum Gasteiger partial charge on any atom is -0.452 e. The Kier molecular flexibility index (Phi) is 5.64. The maximum absolute atomic E-state index is 12.5. The fraction of sp³-hybridized carbons (Fsp3) is 0.130. The third-order valence-electron chi connectivity index (χ3n) is 4.84. The summed E-state index contributed by atoms with van der Waals surface area (Å²) in [5.41, 5.74) is 1.25. The number of rotatable bonds is 6. The summed E-state index contributed by atoms with van der Waals surface area (Å²) in [7, 11) is 0. The molecule has 4 rings (SSSR count). The van der Waals surface area contributed by atoms with Crippen LogP contribution in [0.3, 0.4) is 0 Å². The Balaban J connectivity index is 1.36. The molecule has 1 aliphatic heterocycles. The van der Waals surface area contributed by atoms with Gasteiger partial charge in [-0.15, -0.1) is 11.3 Å². The highest BCUT2D eigenvalue weighted by molar-refractivity contribution is 7.10. The van der Waals surface area contributed by atoms with E-state index < -0.39 is 30.3 Å². The molecule has 0 aliphatic carbocycles. The number of carbonyl (C=O) groups excluding carboxylic acids is 4. The molecule has 0 spiro atoms. The number of fused-ring (bicyclic) bond motifs is 1. The van der Waals surface area contributed by atoms with Crippen molar-refractivity contribution in [1.82, 2.24) is 5.32 Å². The zero-order chi connectivity index (χ0) is 22.0. The highest BCUT2D eigenvalue weighted by Gasteiger charge is 2.36. The average Bonchev–Trinajstić information content (AvgIpc) is 3.40. The molecule has 1 N–H and O–H groups in total. The highest BCUT2D eigenvalue weighted by Crippen LogP contribution is 2.28. The number of ether oxygens (including phenoxy) is 1. The van der Waals surface area contributed by atoms with Crippen LogP contribution in [0.25, 0.3) is 0 Å². The molecule has 2 heterocycles. The molecule has 0 saturated heterocycles. The smallest absolute Gasteiger partial charge is 0.338 e. The van der Waals surface area contributed by atoms with Gasteiger partial charge in [-0.05, 0) is 54.8 Å². The number of nitrogens with zero attached hydrogens (tertiary/aromatic N) is 1. The van der Waals surface area contributed by atoms with Gasteiger partial charge in [0.2, 0.25) is 0 Å². The second-order valence-electron chi connectivity index (χ2n) is 6.92. The molecule has 8 heteroatoms. The van der Waals surface area contributed by atoms with Crippen molar-refractivity contribution < 1.29 is 23.9 Å². The molecule has 3 aromatic rings. The van der Waals surface area contributed by atoms with Crippen molar-refractivity contribution in [2.24, 2.45) is 0 Å². The second-order valence-corrected chi connectivity index (χ2v) is 7.90. The van der Waals surface area contributed by atoms with E-state index in [9.17, 15) is 19.2 Å². The van der Waals surface area contributed by atoms with Gasteiger partial charge in [0.25, 0.3) is 17.7 Å². The van der Waals surface area contributed by atoms with Crippen LogP contribution in [-0.2, 0) is 9.53 Å². The Morgan fingerprint density at radius 3 is 2.19 bits per heavy atom. The number of carbonyl (C=O) groups is 4. The summed E-state index contributed by atoms with van der Waals surface area (Å²) in [6, 6.07) is 16.1. The summed E-state index contributed by atoms with van der Waals surface area (Å²) in [6.07, 6.45) is 0. The number of benzene rings is 2. The molecule has 0 radical (unpaired) electrons. The van der Waals surface area contributed by atoms with E-state index in [0.717, 1.165) is 9.78 Å². The third kappa shape index (κ3) is 4.10. The van der Waals surface area contributed by atoms with Crippen LogP contribution >= 0.6 is 11.3 Å². The molecule has 0 fully saturated rings. The molecule has 1 aliphatic rings. The van der Waals surface area contributed by atoms with Crippen molar-refractivity contribution in [2.45, 2.75) is 13.0 Å². The maximum Gasteiger partial charge on any atom is 0.338 e. The first kappa shape index (κ1) is 20.5. The van der Waals surface area contributed by atoms with Gasteiger partial charge in [0.1, 0.15) is 0 Å². The Labute approximate surface area is 182 Å². The fourth-order valence-corrected chi connectivity index (χ4v) is 4.01. The van der Waals surface area contributed by atoms with E-state index in [2.05, 4.69) is 5.32 Å². The van der Waals surface area contributed by atoms with Crippen LogP contribution in [0, 0.1) is 0 Å². The topological polar surface area (TPSA) is 92.8 Å². The van der Waals surface area contributed by atoms with Crippen LogP contribution in [-0.4, -0.2) is 30.3 Å². The van der Waals surface area contributed by atoms with Crippen LogP contribution in [0.15, 0.2) is 66.0 Å². The SMILES string of the molecule is CC(NC(=O)COC(=O)c1ccc(N2C(=O)c3ccccc3C2=O)cc1)c1cccs1. The minimum atomic E-state index is -0.673. The van der Waals surface area contributed by atoms with Gasteiger partial charge in [-0.25, -0.2) is 9.69 Å². The summed E-state index contributed by atoms with van der Waals surface area (Å²) < 4.78 is 5.07. The summed E-state index contributed by atoms with van der Waals surface area (Å²) >= 11 is 1.53. The standard InChI is InChI=1S/C23H18N2O5S/c1-14(19-7-4-12-31-19)24-20(26)13-30-23(29)15-8-10-16(11-9-15)25-21(27)17-5-2-3-6-18(17)22(25)28/h2-12,14H,13H2,1H3,(H,24,26). The second kappa shape index (κ2) is 8.53. The van der Waals surface area contributed by atoms with Gasteiger partial charge in [0.05, 0.1) is 28.4 Å². The molecule has 2 aromatic carbocycles. The first-order chi connectivity index (χ1) is 15.0. The third-order valence-corrected chi connectivity index (χ3v) is 5.89. The molecule has 3 amide bonds. The summed E-state index contributed by atoms with van der Waals surface area (Å²) in [4.78, 5) is 51.4. The molecule has 1 aromatic heterocycles. The van der Waals surface area contributed by atoms with Crippen molar-refractivity contribution in [3.8, 4) is 0 Å². The van der Waals surface area contributed by atoms with Crippen LogP contribution in [0.1, 0.15) is 48.9 Å². The number of imide groups is 1. The predicted octanol–water partition coefficient (Wildman–Crippen LogP) is 3.58.